The van der Waals surface area contributed by atoms with E-state index in [9.17, 15) is 0 Å². The predicted molar refractivity (Wildman–Crippen MR) is 72.0 cm³/mol. The van der Waals surface area contributed by atoms with E-state index in [0.29, 0.717) is 0 Å². The Hall–Kier alpha value is -1.83. The van der Waals surface area contributed by atoms with Gasteiger partial charge >= 0.3 is 0 Å². The summed E-state index contributed by atoms with van der Waals surface area (Å²) in [6.07, 6.45) is 3.86. The van der Waals surface area contributed by atoms with Crippen LogP contribution in [0.15, 0.2) is 36.5 Å². The second-order valence-electron chi connectivity index (χ2n) is 4.38. The molecule has 2 nitrogen and oxygen atoms in total. The van der Waals surface area contributed by atoms with Gasteiger partial charge in [0.1, 0.15) is 0 Å². The number of aromatic nitrogens is 1. The number of nitrogen functional groups attached to an aromatic ring is 1. The van der Waals surface area contributed by atoms with Gasteiger partial charge in [0.25, 0.3) is 0 Å². The molecule has 0 aliphatic rings. The van der Waals surface area contributed by atoms with Crippen molar-refractivity contribution in [3.05, 3.63) is 58.9 Å². The molecular weight excluding hydrogens is 208 g/mol. The van der Waals surface area contributed by atoms with Crippen molar-refractivity contribution in [3.8, 4) is 0 Å². The lowest BCUT2D eigenvalue weighted by atomic mass is 10.0. The van der Waals surface area contributed by atoms with E-state index in [0.717, 1.165) is 29.8 Å². The molecule has 2 heteroatoms. The molecule has 2 N–H and O–H groups in total. The van der Waals surface area contributed by atoms with Crippen LogP contribution in [-0.4, -0.2) is 4.98 Å². The number of anilines is 1. The van der Waals surface area contributed by atoms with Gasteiger partial charge in [0.15, 0.2) is 0 Å². The summed E-state index contributed by atoms with van der Waals surface area (Å²) in [4.78, 5) is 4.47. The maximum atomic E-state index is 5.80. The standard InChI is InChI=1S/C15H18N2/c1-3-12-4-6-14(17-10-12)9-13-5-7-15(16)11(2)8-13/h4-8,10H,3,9,16H2,1-2H3. The SMILES string of the molecule is CCc1ccc(Cc2ccc(N)c(C)c2)nc1. The molecule has 1 aromatic heterocycles. The number of benzene rings is 1. The van der Waals surface area contributed by atoms with Crippen molar-refractivity contribution in [1.29, 1.82) is 0 Å². The molecule has 1 aromatic carbocycles. The number of hydrogen-bond acceptors (Lipinski definition) is 2. The van der Waals surface area contributed by atoms with Crippen molar-refractivity contribution in [2.45, 2.75) is 26.7 Å². The molecule has 0 amide bonds. The summed E-state index contributed by atoms with van der Waals surface area (Å²) in [5, 5.41) is 0. The largest absolute Gasteiger partial charge is 0.399 e. The van der Waals surface area contributed by atoms with E-state index in [-0.39, 0.29) is 0 Å². The van der Waals surface area contributed by atoms with Gasteiger partial charge in [-0.3, -0.25) is 4.98 Å². The smallest absolute Gasteiger partial charge is 0.0447 e. The molecule has 0 radical (unpaired) electrons. The summed E-state index contributed by atoms with van der Waals surface area (Å²) >= 11 is 0. The van der Waals surface area contributed by atoms with Gasteiger partial charge < -0.3 is 5.73 Å². The van der Waals surface area contributed by atoms with E-state index < -0.39 is 0 Å². The molecule has 1 heterocycles. The Kier molecular flexibility index (Phi) is 3.43. The van der Waals surface area contributed by atoms with E-state index >= 15 is 0 Å². The summed E-state index contributed by atoms with van der Waals surface area (Å²) in [6, 6.07) is 10.4. The summed E-state index contributed by atoms with van der Waals surface area (Å²) in [5.41, 5.74) is 11.4. The maximum Gasteiger partial charge on any atom is 0.0447 e. The maximum absolute atomic E-state index is 5.80. The highest BCUT2D eigenvalue weighted by Gasteiger charge is 2.00. The minimum absolute atomic E-state index is 0.850. The lowest BCUT2D eigenvalue weighted by Crippen LogP contribution is -1.95. The molecule has 2 rings (SSSR count). The third kappa shape index (κ3) is 2.84. The molecule has 0 atom stereocenters. The Morgan fingerprint density at radius 3 is 2.47 bits per heavy atom. The van der Waals surface area contributed by atoms with E-state index in [1.807, 2.05) is 19.2 Å². The third-order valence-electron chi connectivity index (χ3n) is 3.01. The zero-order valence-corrected chi connectivity index (χ0v) is 10.4. The Morgan fingerprint density at radius 1 is 1.12 bits per heavy atom. The Balaban J connectivity index is 2.16. The molecule has 0 spiro atoms. The number of rotatable bonds is 3. The van der Waals surface area contributed by atoms with Crippen LogP contribution in [-0.2, 0) is 12.8 Å². The van der Waals surface area contributed by atoms with Gasteiger partial charge in [-0.05, 0) is 42.2 Å². The van der Waals surface area contributed by atoms with Crippen LogP contribution in [0.2, 0.25) is 0 Å². The number of pyridine rings is 1. The summed E-state index contributed by atoms with van der Waals surface area (Å²) in [7, 11) is 0. The van der Waals surface area contributed by atoms with Gasteiger partial charge in [0.2, 0.25) is 0 Å². The summed E-state index contributed by atoms with van der Waals surface area (Å²) in [6.45, 7) is 4.17. The van der Waals surface area contributed by atoms with Crippen LogP contribution in [0.4, 0.5) is 5.69 Å². The van der Waals surface area contributed by atoms with Crippen LogP contribution < -0.4 is 5.73 Å². The molecule has 17 heavy (non-hydrogen) atoms. The fourth-order valence-corrected chi connectivity index (χ4v) is 1.83. The highest BCUT2D eigenvalue weighted by molar-refractivity contribution is 5.48. The molecule has 0 aliphatic carbocycles. The highest BCUT2D eigenvalue weighted by atomic mass is 14.7. The van der Waals surface area contributed by atoms with Gasteiger partial charge in [-0.2, -0.15) is 0 Å². The molecule has 0 saturated heterocycles. The first-order chi connectivity index (χ1) is 8.19. The Labute approximate surface area is 103 Å². The molecule has 0 bridgehead atoms. The first kappa shape index (κ1) is 11.6. The molecular formula is C15H18N2. The van der Waals surface area contributed by atoms with Gasteiger partial charge in [-0.15, -0.1) is 0 Å². The zero-order valence-electron chi connectivity index (χ0n) is 10.4. The van der Waals surface area contributed by atoms with Crippen molar-refractivity contribution in [1.82, 2.24) is 4.98 Å². The molecule has 0 aliphatic heterocycles. The van der Waals surface area contributed by atoms with Crippen LogP contribution in [0.25, 0.3) is 0 Å². The zero-order chi connectivity index (χ0) is 12.3. The van der Waals surface area contributed by atoms with Crippen LogP contribution in [0.1, 0.15) is 29.3 Å². The summed E-state index contributed by atoms with van der Waals surface area (Å²) < 4.78 is 0. The van der Waals surface area contributed by atoms with E-state index in [1.165, 1.54) is 11.1 Å². The van der Waals surface area contributed by atoms with Gasteiger partial charge in [-0.25, -0.2) is 0 Å². The lowest BCUT2D eigenvalue weighted by molar-refractivity contribution is 1.03. The number of aryl methyl sites for hydroxylation is 2. The van der Waals surface area contributed by atoms with Gasteiger partial charge in [-0.1, -0.05) is 25.1 Å². The second-order valence-corrected chi connectivity index (χ2v) is 4.38. The molecule has 88 valence electrons. The van der Waals surface area contributed by atoms with Gasteiger partial charge in [0.05, 0.1) is 0 Å². The number of nitrogens with two attached hydrogens (primary N) is 1. The average Bonchev–Trinajstić information content (AvgIpc) is 2.35. The number of hydrogen-bond donors (Lipinski definition) is 1. The lowest BCUT2D eigenvalue weighted by Gasteiger charge is -2.05. The minimum atomic E-state index is 0.850. The Morgan fingerprint density at radius 2 is 1.88 bits per heavy atom. The monoisotopic (exact) mass is 226 g/mol. The normalized spacial score (nSPS) is 10.5. The highest BCUT2D eigenvalue weighted by Crippen LogP contribution is 2.15. The molecule has 0 unspecified atom stereocenters. The van der Waals surface area contributed by atoms with Crippen molar-refractivity contribution in [2.24, 2.45) is 0 Å². The first-order valence-electron chi connectivity index (χ1n) is 5.98. The molecule has 0 saturated carbocycles. The second kappa shape index (κ2) is 5.00. The third-order valence-corrected chi connectivity index (χ3v) is 3.01. The predicted octanol–water partition coefficient (Wildman–Crippen LogP) is 3.13. The topological polar surface area (TPSA) is 38.9 Å². The van der Waals surface area contributed by atoms with Crippen molar-refractivity contribution < 1.29 is 0 Å². The van der Waals surface area contributed by atoms with Crippen LogP contribution in [0.5, 0.6) is 0 Å². The van der Waals surface area contributed by atoms with Crippen LogP contribution in [0.3, 0.4) is 0 Å². The van der Waals surface area contributed by atoms with E-state index in [2.05, 4.69) is 36.2 Å². The first-order valence-corrected chi connectivity index (χ1v) is 5.98. The number of nitrogens with zero attached hydrogens (tertiary/aromatic N) is 1. The minimum Gasteiger partial charge on any atom is -0.399 e. The molecule has 2 aromatic rings. The van der Waals surface area contributed by atoms with Crippen molar-refractivity contribution >= 4 is 5.69 Å². The fraction of sp³-hybridized carbons (Fsp3) is 0.267. The van der Waals surface area contributed by atoms with Crippen LogP contribution >= 0.6 is 0 Å². The Bertz CT molecular complexity index is 501. The average molecular weight is 226 g/mol. The quantitative estimate of drug-likeness (QED) is 0.817. The fourth-order valence-electron chi connectivity index (χ4n) is 1.83. The van der Waals surface area contributed by atoms with Crippen molar-refractivity contribution in [3.63, 3.8) is 0 Å². The van der Waals surface area contributed by atoms with Crippen molar-refractivity contribution in [2.75, 3.05) is 5.73 Å². The van der Waals surface area contributed by atoms with Gasteiger partial charge in [0, 0.05) is 24.0 Å². The van der Waals surface area contributed by atoms with E-state index in [1.54, 1.807) is 0 Å². The summed E-state index contributed by atoms with van der Waals surface area (Å²) in [5.74, 6) is 0. The molecule has 0 fully saturated rings. The van der Waals surface area contributed by atoms with E-state index in [4.69, 9.17) is 5.73 Å². The van der Waals surface area contributed by atoms with Crippen LogP contribution in [0, 0.1) is 6.92 Å².